The first-order valence-electron chi connectivity index (χ1n) is 8.06. The van der Waals surface area contributed by atoms with E-state index >= 15 is 0 Å². The summed E-state index contributed by atoms with van der Waals surface area (Å²) in [4.78, 5) is 14.4. The van der Waals surface area contributed by atoms with Crippen LogP contribution in [0.15, 0.2) is 0 Å². The molecule has 0 aliphatic carbocycles. The lowest BCUT2D eigenvalue weighted by molar-refractivity contribution is -0.134. The fraction of sp³-hybridized carbons (Fsp3) is 0.938. The van der Waals surface area contributed by atoms with Crippen LogP contribution < -0.4 is 5.32 Å². The number of aliphatic hydroxyl groups excluding tert-OH is 1. The van der Waals surface area contributed by atoms with Crippen LogP contribution in [0.3, 0.4) is 0 Å². The van der Waals surface area contributed by atoms with Crippen molar-refractivity contribution >= 4 is 5.91 Å². The Morgan fingerprint density at radius 1 is 1.30 bits per heavy atom. The molecule has 1 aliphatic rings. The van der Waals surface area contributed by atoms with Gasteiger partial charge in [0.1, 0.15) is 0 Å². The van der Waals surface area contributed by atoms with Crippen LogP contribution in [0.4, 0.5) is 0 Å². The molecule has 1 fully saturated rings. The van der Waals surface area contributed by atoms with Gasteiger partial charge >= 0.3 is 0 Å². The van der Waals surface area contributed by atoms with E-state index in [-0.39, 0.29) is 6.61 Å². The number of amides is 1. The SMILES string of the molecule is CC(C)CC(=O)N1CC(NCCCO)CC(C(C)C)C1. The van der Waals surface area contributed by atoms with Gasteiger partial charge in [0.15, 0.2) is 0 Å². The molecule has 4 heteroatoms. The monoisotopic (exact) mass is 284 g/mol. The van der Waals surface area contributed by atoms with E-state index in [0.717, 1.165) is 32.5 Å². The van der Waals surface area contributed by atoms with Gasteiger partial charge in [-0.1, -0.05) is 27.7 Å². The molecule has 0 aromatic carbocycles. The first kappa shape index (κ1) is 17.4. The van der Waals surface area contributed by atoms with E-state index in [1.165, 1.54) is 0 Å². The molecule has 0 radical (unpaired) electrons. The number of carbonyl (C=O) groups is 1. The third-order valence-electron chi connectivity index (χ3n) is 4.13. The maximum atomic E-state index is 12.3. The molecule has 1 aliphatic heterocycles. The fourth-order valence-corrected chi connectivity index (χ4v) is 2.84. The highest BCUT2D eigenvalue weighted by molar-refractivity contribution is 5.76. The number of aliphatic hydroxyl groups is 1. The van der Waals surface area contributed by atoms with Crippen LogP contribution in [0, 0.1) is 17.8 Å². The molecule has 4 nitrogen and oxygen atoms in total. The second-order valence-electron chi connectivity index (χ2n) is 6.86. The molecule has 2 atom stereocenters. The summed E-state index contributed by atoms with van der Waals surface area (Å²) in [6, 6.07) is 0.374. The molecule has 118 valence electrons. The molecule has 0 saturated carbocycles. The van der Waals surface area contributed by atoms with E-state index in [1.54, 1.807) is 0 Å². The minimum Gasteiger partial charge on any atom is -0.396 e. The number of rotatable bonds is 7. The van der Waals surface area contributed by atoms with Gasteiger partial charge in [0.25, 0.3) is 0 Å². The molecular weight excluding hydrogens is 252 g/mol. The van der Waals surface area contributed by atoms with Crippen LogP contribution in [0.1, 0.15) is 47.0 Å². The summed E-state index contributed by atoms with van der Waals surface area (Å²) >= 11 is 0. The molecule has 20 heavy (non-hydrogen) atoms. The number of carbonyl (C=O) groups excluding carboxylic acids is 1. The number of nitrogens with one attached hydrogen (secondary N) is 1. The smallest absolute Gasteiger partial charge is 0.222 e. The molecule has 1 saturated heterocycles. The second kappa shape index (κ2) is 8.63. The molecule has 0 bridgehead atoms. The van der Waals surface area contributed by atoms with Crippen LogP contribution in [0.2, 0.25) is 0 Å². The molecule has 2 N–H and O–H groups in total. The van der Waals surface area contributed by atoms with Gasteiger partial charge in [-0.3, -0.25) is 4.79 Å². The Balaban J connectivity index is 2.58. The molecular formula is C16H32N2O2. The van der Waals surface area contributed by atoms with E-state index in [2.05, 4.69) is 33.0 Å². The van der Waals surface area contributed by atoms with Crippen LogP contribution in [0.5, 0.6) is 0 Å². The van der Waals surface area contributed by atoms with Crippen LogP contribution in [-0.4, -0.2) is 48.2 Å². The number of likely N-dealkylation sites (tertiary alicyclic amines) is 1. The highest BCUT2D eigenvalue weighted by atomic mass is 16.3. The van der Waals surface area contributed by atoms with Crippen LogP contribution in [-0.2, 0) is 4.79 Å². The quantitative estimate of drug-likeness (QED) is 0.702. The largest absolute Gasteiger partial charge is 0.396 e. The maximum absolute atomic E-state index is 12.3. The van der Waals surface area contributed by atoms with Gasteiger partial charge in [0, 0.05) is 32.2 Å². The van der Waals surface area contributed by atoms with E-state index in [1.807, 2.05) is 4.90 Å². The standard InChI is InChI=1S/C16H32N2O2/c1-12(2)8-16(20)18-10-14(13(3)4)9-15(11-18)17-6-5-7-19/h12-15,17,19H,5-11H2,1-4H3. The van der Waals surface area contributed by atoms with Crippen LogP contribution in [0.25, 0.3) is 0 Å². The summed E-state index contributed by atoms with van der Waals surface area (Å²) in [5, 5.41) is 12.4. The lowest BCUT2D eigenvalue weighted by Gasteiger charge is -2.40. The summed E-state index contributed by atoms with van der Waals surface area (Å²) in [7, 11) is 0. The molecule has 0 aromatic heterocycles. The Bertz CT molecular complexity index is 292. The highest BCUT2D eigenvalue weighted by Gasteiger charge is 2.31. The average molecular weight is 284 g/mol. The number of hydrogen-bond donors (Lipinski definition) is 2. The van der Waals surface area contributed by atoms with Gasteiger partial charge in [-0.2, -0.15) is 0 Å². The zero-order valence-electron chi connectivity index (χ0n) is 13.6. The van der Waals surface area contributed by atoms with Gasteiger partial charge in [0.05, 0.1) is 0 Å². The normalized spacial score (nSPS) is 23.6. The Kier molecular flexibility index (Phi) is 7.52. The van der Waals surface area contributed by atoms with Crippen LogP contribution >= 0.6 is 0 Å². The average Bonchev–Trinajstić information content (AvgIpc) is 2.38. The summed E-state index contributed by atoms with van der Waals surface area (Å²) in [5.74, 6) is 1.89. The minimum atomic E-state index is 0.226. The first-order chi connectivity index (χ1) is 9.43. The predicted molar refractivity (Wildman–Crippen MR) is 82.5 cm³/mol. The molecule has 0 aromatic rings. The Morgan fingerprint density at radius 3 is 2.55 bits per heavy atom. The summed E-state index contributed by atoms with van der Waals surface area (Å²) in [6.45, 7) is 11.5. The molecule has 1 heterocycles. The number of hydrogen-bond acceptors (Lipinski definition) is 3. The summed E-state index contributed by atoms with van der Waals surface area (Å²) in [6.07, 6.45) is 2.56. The molecule has 2 unspecified atom stereocenters. The Labute approximate surface area is 123 Å². The third-order valence-corrected chi connectivity index (χ3v) is 4.13. The van der Waals surface area contributed by atoms with Gasteiger partial charge in [-0.05, 0) is 37.1 Å². The van der Waals surface area contributed by atoms with Crippen molar-refractivity contribution in [2.24, 2.45) is 17.8 Å². The van der Waals surface area contributed by atoms with Gasteiger partial charge in [-0.15, -0.1) is 0 Å². The van der Waals surface area contributed by atoms with Crippen molar-refractivity contribution < 1.29 is 9.90 Å². The topological polar surface area (TPSA) is 52.6 Å². The second-order valence-corrected chi connectivity index (χ2v) is 6.86. The third kappa shape index (κ3) is 5.80. The highest BCUT2D eigenvalue weighted by Crippen LogP contribution is 2.25. The van der Waals surface area contributed by atoms with Gasteiger partial charge < -0.3 is 15.3 Å². The van der Waals surface area contributed by atoms with Gasteiger partial charge in [-0.25, -0.2) is 0 Å². The predicted octanol–water partition coefficient (Wildman–Crippen LogP) is 1.88. The lowest BCUT2D eigenvalue weighted by Crippen LogP contribution is -2.52. The van der Waals surface area contributed by atoms with Crippen molar-refractivity contribution in [3.63, 3.8) is 0 Å². The first-order valence-corrected chi connectivity index (χ1v) is 8.06. The van der Waals surface area contributed by atoms with Crippen molar-refractivity contribution in [2.75, 3.05) is 26.2 Å². The fourth-order valence-electron chi connectivity index (χ4n) is 2.84. The minimum absolute atomic E-state index is 0.226. The summed E-state index contributed by atoms with van der Waals surface area (Å²) < 4.78 is 0. The molecule has 0 spiro atoms. The van der Waals surface area contributed by atoms with Gasteiger partial charge in [0.2, 0.25) is 5.91 Å². The number of nitrogens with zero attached hydrogens (tertiary/aromatic N) is 1. The zero-order chi connectivity index (χ0) is 15.1. The van der Waals surface area contributed by atoms with E-state index in [0.29, 0.717) is 36.1 Å². The van der Waals surface area contributed by atoms with Crippen molar-refractivity contribution in [3.8, 4) is 0 Å². The zero-order valence-corrected chi connectivity index (χ0v) is 13.6. The maximum Gasteiger partial charge on any atom is 0.222 e. The van der Waals surface area contributed by atoms with Crippen molar-refractivity contribution in [1.29, 1.82) is 0 Å². The Morgan fingerprint density at radius 2 is 2.00 bits per heavy atom. The number of piperidine rings is 1. The lowest BCUT2D eigenvalue weighted by atomic mass is 9.85. The molecule has 1 amide bonds. The van der Waals surface area contributed by atoms with E-state index < -0.39 is 0 Å². The Hall–Kier alpha value is -0.610. The van der Waals surface area contributed by atoms with E-state index in [9.17, 15) is 4.79 Å². The molecule has 1 rings (SSSR count). The summed E-state index contributed by atoms with van der Waals surface area (Å²) in [5.41, 5.74) is 0. The van der Waals surface area contributed by atoms with E-state index in [4.69, 9.17) is 5.11 Å². The van der Waals surface area contributed by atoms with Crippen molar-refractivity contribution in [3.05, 3.63) is 0 Å². The van der Waals surface area contributed by atoms with Crippen molar-refractivity contribution in [1.82, 2.24) is 10.2 Å². The van der Waals surface area contributed by atoms with Crippen molar-refractivity contribution in [2.45, 2.75) is 53.0 Å².